The van der Waals surface area contributed by atoms with Crippen LogP contribution in [-0.4, -0.2) is 21.3 Å². The molecule has 0 aliphatic rings. The molecule has 1 atom stereocenters. The third kappa shape index (κ3) is 2.62. The van der Waals surface area contributed by atoms with Crippen molar-refractivity contribution in [1.82, 2.24) is 20.1 Å². The van der Waals surface area contributed by atoms with Gasteiger partial charge in [0, 0.05) is 29.9 Å². The Kier molecular flexibility index (Phi) is 4.14. The van der Waals surface area contributed by atoms with E-state index in [1.165, 1.54) is 5.56 Å². The number of rotatable bonds is 5. The number of nitrogens with zero attached hydrogens (tertiary/aromatic N) is 3. The van der Waals surface area contributed by atoms with Crippen LogP contribution in [0.2, 0.25) is 0 Å². The lowest BCUT2D eigenvalue weighted by Crippen LogP contribution is -2.22. The molecule has 98 valence electrons. The van der Waals surface area contributed by atoms with Gasteiger partial charge in [0.15, 0.2) is 0 Å². The standard InChI is InChI=1S/C13H20N4S/c1-5-11-10(7-17(4)16-11)12(14-6-2)13-15-9(3)8-18-13/h7-8,12,14H,5-6H2,1-4H3. The van der Waals surface area contributed by atoms with Crippen molar-refractivity contribution in [2.45, 2.75) is 33.2 Å². The molecule has 0 aliphatic heterocycles. The summed E-state index contributed by atoms with van der Waals surface area (Å²) in [5.74, 6) is 0. The molecule has 18 heavy (non-hydrogen) atoms. The monoisotopic (exact) mass is 264 g/mol. The third-order valence-electron chi connectivity index (χ3n) is 2.88. The second kappa shape index (κ2) is 5.63. The highest BCUT2D eigenvalue weighted by molar-refractivity contribution is 7.09. The van der Waals surface area contributed by atoms with Gasteiger partial charge in [0.1, 0.15) is 5.01 Å². The van der Waals surface area contributed by atoms with E-state index in [1.54, 1.807) is 11.3 Å². The molecule has 4 nitrogen and oxygen atoms in total. The summed E-state index contributed by atoms with van der Waals surface area (Å²) in [7, 11) is 1.97. The van der Waals surface area contributed by atoms with Crippen LogP contribution in [0, 0.1) is 6.92 Å². The first-order valence-corrected chi connectivity index (χ1v) is 7.21. The van der Waals surface area contributed by atoms with Crippen molar-refractivity contribution in [2.24, 2.45) is 7.05 Å². The summed E-state index contributed by atoms with van der Waals surface area (Å²) in [6.07, 6.45) is 3.05. The molecule has 0 spiro atoms. The van der Waals surface area contributed by atoms with E-state index >= 15 is 0 Å². The van der Waals surface area contributed by atoms with E-state index in [0.29, 0.717) is 0 Å². The fourth-order valence-corrected chi connectivity index (χ4v) is 3.00. The van der Waals surface area contributed by atoms with E-state index in [-0.39, 0.29) is 6.04 Å². The Bertz CT molecular complexity index is 515. The zero-order chi connectivity index (χ0) is 13.1. The molecule has 0 radical (unpaired) electrons. The Hall–Kier alpha value is -1.20. The van der Waals surface area contributed by atoms with Crippen molar-refractivity contribution < 1.29 is 0 Å². The lowest BCUT2D eigenvalue weighted by atomic mass is 10.1. The number of aryl methyl sites for hydroxylation is 3. The molecule has 2 heterocycles. The van der Waals surface area contributed by atoms with E-state index < -0.39 is 0 Å². The molecule has 0 saturated carbocycles. The van der Waals surface area contributed by atoms with E-state index in [4.69, 9.17) is 0 Å². The first-order valence-electron chi connectivity index (χ1n) is 6.33. The molecule has 0 saturated heterocycles. The lowest BCUT2D eigenvalue weighted by Gasteiger charge is -2.15. The van der Waals surface area contributed by atoms with Crippen molar-refractivity contribution in [3.63, 3.8) is 0 Å². The number of thiazole rings is 1. The van der Waals surface area contributed by atoms with Crippen molar-refractivity contribution in [1.29, 1.82) is 0 Å². The molecule has 0 amide bonds. The highest BCUT2D eigenvalue weighted by Gasteiger charge is 2.21. The number of hydrogen-bond acceptors (Lipinski definition) is 4. The fraction of sp³-hybridized carbons (Fsp3) is 0.538. The second-order valence-electron chi connectivity index (χ2n) is 4.38. The minimum atomic E-state index is 0.164. The van der Waals surface area contributed by atoms with Gasteiger partial charge < -0.3 is 5.32 Å². The van der Waals surface area contributed by atoms with Gasteiger partial charge in [-0.1, -0.05) is 13.8 Å². The van der Waals surface area contributed by atoms with Gasteiger partial charge in [0.05, 0.1) is 11.7 Å². The molecule has 2 rings (SSSR count). The summed E-state index contributed by atoms with van der Waals surface area (Å²) in [4.78, 5) is 4.61. The average molecular weight is 264 g/mol. The molecule has 0 aliphatic carbocycles. The maximum absolute atomic E-state index is 4.61. The van der Waals surface area contributed by atoms with Gasteiger partial charge in [-0.05, 0) is 19.9 Å². The predicted octanol–water partition coefficient (Wildman–Crippen LogP) is 2.45. The van der Waals surface area contributed by atoms with Crippen LogP contribution in [0.3, 0.4) is 0 Å². The topological polar surface area (TPSA) is 42.7 Å². The second-order valence-corrected chi connectivity index (χ2v) is 5.27. The summed E-state index contributed by atoms with van der Waals surface area (Å²) >= 11 is 1.71. The molecular weight excluding hydrogens is 244 g/mol. The number of aromatic nitrogens is 3. The fourth-order valence-electron chi connectivity index (χ4n) is 2.11. The Labute approximate surface area is 112 Å². The molecule has 0 bridgehead atoms. The van der Waals surface area contributed by atoms with E-state index in [0.717, 1.165) is 29.4 Å². The highest BCUT2D eigenvalue weighted by Crippen LogP contribution is 2.27. The quantitative estimate of drug-likeness (QED) is 0.902. The normalized spacial score (nSPS) is 12.9. The van der Waals surface area contributed by atoms with Crippen molar-refractivity contribution in [3.8, 4) is 0 Å². The summed E-state index contributed by atoms with van der Waals surface area (Å²) in [6, 6.07) is 0.164. The van der Waals surface area contributed by atoms with Crippen molar-refractivity contribution in [3.05, 3.63) is 33.5 Å². The smallest absolute Gasteiger partial charge is 0.115 e. The van der Waals surface area contributed by atoms with Crippen LogP contribution >= 0.6 is 11.3 Å². The molecule has 1 unspecified atom stereocenters. The largest absolute Gasteiger partial charge is 0.304 e. The molecule has 0 fully saturated rings. The van der Waals surface area contributed by atoms with Gasteiger partial charge in [0.2, 0.25) is 0 Å². The number of nitrogens with one attached hydrogen (secondary N) is 1. The van der Waals surface area contributed by atoms with Crippen LogP contribution in [0.5, 0.6) is 0 Å². The molecule has 2 aromatic rings. The van der Waals surface area contributed by atoms with Crippen molar-refractivity contribution >= 4 is 11.3 Å². The van der Waals surface area contributed by atoms with Crippen LogP contribution in [0.25, 0.3) is 0 Å². The first kappa shape index (κ1) is 13.2. The minimum absolute atomic E-state index is 0.164. The van der Waals surface area contributed by atoms with E-state index in [9.17, 15) is 0 Å². The van der Waals surface area contributed by atoms with Gasteiger partial charge in [-0.15, -0.1) is 11.3 Å². The van der Waals surface area contributed by atoms with Crippen LogP contribution in [0.1, 0.15) is 41.8 Å². The Morgan fingerprint density at radius 2 is 2.22 bits per heavy atom. The van der Waals surface area contributed by atoms with Gasteiger partial charge in [-0.3, -0.25) is 4.68 Å². The van der Waals surface area contributed by atoms with E-state index in [1.807, 2.05) is 18.7 Å². The van der Waals surface area contributed by atoms with Gasteiger partial charge in [-0.2, -0.15) is 5.10 Å². The van der Waals surface area contributed by atoms with Crippen LogP contribution in [0.15, 0.2) is 11.6 Å². The van der Waals surface area contributed by atoms with Gasteiger partial charge in [-0.25, -0.2) is 4.98 Å². The Morgan fingerprint density at radius 1 is 1.44 bits per heavy atom. The summed E-state index contributed by atoms with van der Waals surface area (Å²) in [6.45, 7) is 7.21. The zero-order valence-electron chi connectivity index (χ0n) is 11.4. The Morgan fingerprint density at radius 3 is 2.78 bits per heavy atom. The SMILES string of the molecule is CCNC(c1nc(C)cs1)c1cn(C)nc1CC. The minimum Gasteiger partial charge on any atom is -0.304 e. The first-order chi connectivity index (χ1) is 8.65. The summed E-state index contributed by atoms with van der Waals surface area (Å²) < 4.78 is 1.89. The van der Waals surface area contributed by atoms with Crippen LogP contribution in [0.4, 0.5) is 0 Å². The zero-order valence-corrected chi connectivity index (χ0v) is 12.2. The summed E-state index contributed by atoms with van der Waals surface area (Å²) in [5, 5.41) is 11.3. The Balaban J connectivity index is 2.40. The molecule has 0 aromatic carbocycles. The molecular formula is C13H20N4S. The van der Waals surface area contributed by atoms with Crippen LogP contribution < -0.4 is 5.32 Å². The predicted molar refractivity (Wildman–Crippen MR) is 75.0 cm³/mol. The lowest BCUT2D eigenvalue weighted by molar-refractivity contribution is 0.621. The maximum atomic E-state index is 4.61. The van der Waals surface area contributed by atoms with Gasteiger partial charge in [0.25, 0.3) is 0 Å². The van der Waals surface area contributed by atoms with Gasteiger partial charge >= 0.3 is 0 Å². The third-order valence-corrected chi connectivity index (χ3v) is 3.90. The molecule has 1 N–H and O–H groups in total. The van der Waals surface area contributed by atoms with Crippen LogP contribution in [-0.2, 0) is 13.5 Å². The maximum Gasteiger partial charge on any atom is 0.115 e. The van der Waals surface area contributed by atoms with E-state index in [2.05, 4.69) is 40.8 Å². The average Bonchev–Trinajstić information content (AvgIpc) is 2.92. The molecule has 2 aromatic heterocycles. The molecule has 5 heteroatoms. The number of hydrogen-bond donors (Lipinski definition) is 1. The van der Waals surface area contributed by atoms with Crippen molar-refractivity contribution in [2.75, 3.05) is 6.54 Å². The summed E-state index contributed by atoms with van der Waals surface area (Å²) in [5.41, 5.74) is 3.48. The highest BCUT2D eigenvalue weighted by atomic mass is 32.1.